The van der Waals surface area contributed by atoms with Gasteiger partial charge >= 0.3 is 5.97 Å². The van der Waals surface area contributed by atoms with E-state index in [1.54, 1.807) is 48.5 Å². The molecule has 1 unspecified atom stereocenters. The molecule has 19 heavy (non-hydrogen) atoms. The molecule has 0 fully saturated rings. The molecule has 98 valence electrons. The van der Waals surface area contributed by atoms with Gasteiger partial charge in [-0.3, -0.25) is 0 Å². The van der Waals surface area contributed by atoms with Crippen LogP contribution in [0.15, 0.2) is 48.5 Å². The number of aliphatic hydroxyl groups is 1. The predicted molar refractivity (Wildman–Crippen MR) is 73.3 cm³/mol. The van der Waals surface area contributed by atoms with Gasteiger partial charge in [-0.15, -0.1) is 0 Å². The van der Waals surface area contributed by atoms with Crippen LogP contribution >= 0.6 is 11.6 Å². The van der Waals surface area contributed by atoms with Gasteiger partial charge in [-0.05, 0) is 35.4 Å². The lowest BCUT2D eigenvalue weighted by atomic mass is 10.0. The molecular weight excluding hydrogens is 264 g/mol. The number of hydrogen-bond donors (Lipinski definition) is 1. The minimum absolute atomic E-state index is 0.399. The zero-order chi connectivity index (χ0) is 13.8. The van der Waals surface area contributed by atoms with E-state index in [4.69, 9.17) is 11.6 Å². The maximum atomic E-state index is 11.3. The van der Waals surface area contributed by atoms with Crippen molar-refractivity contribution in [3.63, 3.8) is 0 Å². The van der Waals surface area contributed by atoms with E-state index in [9.17, 15) is 9.90 Å². The van der Waals surface area contributed by atoms with Crippen molar-refractivity contribution >= 4 is 17.6 Å². The van der Waals surface area contributed by atoms with Gasteiger partial charge in [0.25, 0.3) is 0 Å². The highest BCUT2D eigenvalue weighted by molar-refractivity contribution is 6.30. The first-order valence-corrected chi connectivity index (χ1v) is 6.11. The zero-order valence-electron chi connectivity index (χ0n) is 10.3. The van der Waals surface area contributed by atoms with Crippen LogP contribution in [0.2, 0.25) is 5.02 Å². The number of rotatable bonds is 3. The maximum Gasteiger partial charge on any atom is 0.337 e. The van der Waals surface area contributed by atoms with Crippen molar-refractivity contribution in [2.75, 3.05) is 7.11 Å². The molecule has 2 rings (SSSR count). The molecule has 0 aliphatic rings. The maximum absolute atomic E-state index is 11.3. The SMILES string of the molecule is COC(=O)c1ccc(C(O)c2cccc(Cl)c2)cc1. The molecule has 0 saturated carbocycles. The Morgan fingerprint density at radius 3 is 2.42 bits per heavy atom. The Labute approximate surface area is 116 Å². The number of carbonyl (C=O) groups excluding carboxylic acids is 1. The van der Waals surface area contributed by atoms with Gasteiger partial charge in [-0.25, -0.2) is 4.79 Å². The predicted octanol–water partition coefficient (Wildman–Crippen LogP) is 3.21. The van der Waals surface area contributed by atoms with Crippen LogP contribution in [-0.2, 0) is 4.74 Å². The van der Waals surface area contributed by atoms with Gasteiger partial charge in [0, 0.05) is 5.02 Å². The Kier molecular flexibility index (Phi) is 4.20. The summed E-state index contributed by atoms with van der Waals surface area (Å²) < 4.78 is 4.62. The summed E-state index contributed by atoms with van der Waals surface area (Å²) in [5.74, 6) is -0.399. The lowest BCUT2D eigenvalue weighted by Crippen LogP contribution is -2.03. The highest BCUT2D eigenvalue weighted by Gasteiger charge is 2.12. The summed E-state index contributed by atoms with van der Waals surface area (Å²) >= 11 is 5.89. The van der Waals surface area contributed by atoms with Crippen molar-refractivity contribution < 1.29 is 14.6 Å². The fraction of sp³-hybridized carbons (Fsp3) is 0.133. The quantitative estimate of drug-likeness (QED) is 0.876. The number of halogens is 1. The normalized spacial score (nSPS) is 11.9. The molecule has 0 bridgehead atoms. The van der Waals surface area contributed by atoms with Crippen LogP contribution in [0.25, 0.3) is 0 Å². The fourth-order valence-electron chi connectivity index (χ4n) is 1.79. The molecule has 2 aromatic carbocycles. The summed E-state index contributed by atoms with van der Waals surface area (Å²) in [7, 11) is 1.33. The topological polar surface area (TPSA) is 46.5 Å². The van der Waals surface area contributed by atoms with Crippen LogP contribution in [0.1, 0.15) is 27.6 Å². The summed E-state index contributed by atoms with van der Waals surface area (Å²) in [6, 6.07) is 13.7. The average Bonchev–Trinajstić information content (AvgIpc) is 2.46. The Bertz CT molecular complexity index is 578. The number of ether oxygens (including phenoxy) is 1. The molecule has 0 radical (unpaired) electrons. The van der Waals surface area contributed by atoms with Gasteiger partial charge in [-0.1, -0.05) is 35.9 Å². The third-order valence-electron chi connectivity index (χ3n) is 2.81. The van der Waals surface area contributed by atoms with Crippen molar-refractivity contribution in [2.24, 2.45) is 0 Å². The van der Waals surface area contributed by atoms with Crippen LogP contribution in [0.3, 0.4) is 0 Å². The van der Waals surface area contributed by atoms with E-state index < -0.39 is 12.1 Å². The van der Waals surface area contributed by atoms with E-state index in [1.807, 2.05) is 0 Å². The first-order valence-electron chi connectivity index (χ1n) is 5.73. The van der Waals surface area contributed by atoms with Gasteiger partial charge in [0.1, 0.15) is 6.10 Å². The van der Waals surface area contributed by atoms with Crippen molar-refractivity contribution in [2.45, 2.75) is 6.10 Å². The Hall–Kier alpha value is -1.84. The molecule has 3 nitrogen and oxygen atoms in total. The van der Waals surface area contributed by atoms with Crippen molar-refractivity contribution in [1.29, 1.82) is 0 Å². The van der Waals surface area contributed by atoms with Gasteiger partial charge in [0.2, 0.25) is 0 Å². The fourth-order valence-corrected chi connectivity index (χ4v) is 1.99. The Morgan fingerprint density at radius 2 is 1.84 bits per heavy atom. The molecule has 0 aliphatic heterocycles. The van der Waals surface area contributed by atoms with Gasteiger partial charge in [-0.2, -0.15) is 0 Å². The Morgan fingerprint density at radius 1 is 1.16 bits per heavy atom. The number of esters is 1. The average molecular weight is 277 g/mol. The standard InChI is InChI=1S/C15H13ClO3/c1-19-15(18)11-7-5-10(6-8-11)14(17)12-3-2-4-13(16)9-12/h2-9,14,17H,1H3. The molecular formula is C15H13ClO3. The molecule has 2 aromatic rings. The first kappa shape index (κ1) is 13.6. The number of methoxy groups -OCH3 is 1. The third kappa shape index (κ3) is 3.13. The summed E-state index contributed by atoms with van der Waals surface area (Å²) in [5.41, 5.74) is 1.85. The molecule has 1 N–H and O–H groups in total. The van der Waals surface area contributed by atoms with Gasteiger partial charge in [0.15, 0.2) is 0 Å². The van der Waals surface area contributed by atoms with Crippen LogP contribution in [0.5, 0.6) is 0 Å². The number of hydrogen-bond acceptors (Lipinski definition) is 3. The molecule has 0 saturated heterocycles. The largest absolute Gasteiger partial charge is 0.465 e. The van der Waals surface area contributed by atoms with E-state index >= 15 is 0 Å². The van der Waals surface area contributed by atoms with E-state index in [0.29, 0.717) is 21.7 Å². The second kappa shape index (κ2) is 5.87. The summed E-state index contributed by atoms with van der Waals surface area (Å²) in [6.45, 7) is 0. The number of benzene rings is 2. The monoisotopic (exact) mass is 276 g/mol. The van der Waals surface area contributed by atoms with Gasteiger partial charge in [0.05, 0.1) is 12.7 Å². The van der Waals surface area contributed by atoms with Crippen molar-refractivity contribution in [3.05, 3.63) is 70.2 Å². The minimum Gasteiger partial charge on any atom is -0.465 e. The number of carbonyl (C=O) groups is 1. The van der Waals surface area contributed by atoms with Crippen molar-refractivity contribution in [3.8, 4) is 0 Å². The Balaban J connectivity index is 2.25. The zero-order valence-corrected chi connectivity index (χ0v) is 11.1. The molecule has 0 aliphatic carbocycles. The highest BCUT2D eigenvalue weighted by Crippen LogP contribution is 2.24. The van der Waals surface area contributed by atoms with Crippen LogP contribution in [-0.4, -0.2) is 18.2 Å². The molecule has 0 heterocycles. The lowest BCUT2D eigenvalue weighted by Gasteiger charge is -2.12. The van der Waals surface area contributed by atoms with Crippen molar-refractivity contribution in [1.82, 2.24) is 0 Å². The first-order chi connectivity index (χ1) is 9.11. The second-order valence-corrected chi connectivity index (χ2v) is 4.51. The van der Waals surface area contributed by atoms with E-state index in [1.165, 1.54) is 7.11 Å². The van der Waals surface area contributed by atoms with Crippen LogP contribution in [0, 0.1) is 0 Å². The van der Waals surface area contributed by atoms with Crippen LogP contribution < -0.4 is 0 Å². The van der Waals surface area contributed by atoms with Gasteiger partial charge < -0.3 is 9.84 Å². The number of aliphatic hydroxyl groups excluding tert-OH is 1. The summed E-state index contributed by atoms with van der Waals surface area (Å²) in [6.07, 6.45) is -0.773. The molecule has 0 amide bonds. The van der Waals surface area contributed by atoms with Crippen LogP contribution in [0.4, 0.5) is 0 Å². The highest BCUT2D eigenvalue weighted by atomic mass is 35.5. The summed E-state index contributed by atoms with van der Waals surface area (Å²) in [5, 5.41) is 10.8. The van der Waals surface area contributed by atoms with E-state index in [-0.39, 0.29) is 0 Å². The molecule has 1 atom stereocenters. The summed E-state index contributed by atoms with van der Waals surface area (Å²) in [4.78, 5) is 11.3. The second-order valence-electron chi connectivity index (χ2n) is 4.07. The molecule has 4 heteroatoms. The van der Waals surface area contributed by atoms with E-state index in [2.05, 4.69) is 4.74 Å². The minimum atomic E-state index is -0.773. The smallest absolute Gasteiger partial charge is 0.337 e. The molecule has 0 aromatic heterocycles. The third-order valence-corrected chi connectivity index (χ3v) is 3.05. The van der Waals surface area contributed by atoms with E-state index in [0.717, 1.165) is 0 Å². The molecule has 0 spiro atoms. The lowest BCUT2D eigenvalue weighted by molar-refractivity contribution is 0.0600.